The van der Waals surface area contributed by atoms with Gasteiger partial charge in [0.25, 0.3) is 5.69 Å². The first kappa shape index (κ1) is 35.5. The molecule has 4 aromatic rings. The van der Waals surface area contributed by atoms with Gasteiger partial charge in [0.2, 0.25) is 5.78 Å². The van der Waals surface area contributed by atoms with E-state index < -0.39 is 40.1 Å². The number of benzene rings is 3. The van der Waals surface area contributed by atoms with Crippen LogP contribution in [0.1, 0.15) is 84.2 Å². The van der Waals surface area contributed by atoms with Crippen LogP contribution in [-0.4, -0.2) is 51.3 Å². The lowest BCUT2D eigenvalue weighted by molar-refractivity contribution is -0.385. The lowest BCUT2D eigenvalue weighted by atomic mass is 9.69. The number of anilines is 1. The minimum atomic E-state index is -2.44. The number of carbonyl (C=O) groups is 3. The van der Waals surface area contributed by atoms with Gasteiger partial charge in [-0.05, 0) is 67.2 Å². The van der Waals surface area contributed by atoms with E-state index in [1.165, 1.54) is 19.2 Å². The number of nitro groups is 1. The number of hydrogen-bond acceptors (Lipinski definition) is 8. The zero-order chi connectivity index (χ0) is 36.3. The highest BCUT2D eigenvalue weighted by Crippen LogP contribution is 2.44. The predicted octanol–water partition coefficient (Wildman–Crippen LogP) is 7.23. The van der Waals surface area contributed by atoms with E-state index in [-0.39, 0.29) is 35.4 Å². The molecule has 12 nitrogen and oxygen atoms in total. The fourth-order valence-electron chi connectivity index (χ4n) is 7.15. The molecule has 266 valence electrons. The van der Waals surface area contributed by atoms with Gasteiger partial charge >= 0.3 is 12.1 Å². The Bertz CT molecular complexity index is 1940. The van der Waals surface area contributed by atoms with E-state index in [0.29, 0.717) is 37.0 Å². The summed E-state index contributed by atoms with van der Waals surface area (Å²) in [6.07, 6.45) is 2.85. The number of carboxylic acid groups (broad SMARTS) is 1. The molecule has 0 bridgehead atoms. The average molecular weight is 695 g/mol. The molecule has 1 fully saturated rings. The molecule has 0 spiro atoms. The number of nitro benzene ring substituents is 1. The molecular formula is C39H42N4O8. The molecular weight excluding hydrogens is 652 g/mol. The van der Waals surface area contributed by atoms with Crippen molar-refractivity contribution in [3.63, 3.8) is 0 Å². The Kier molecular flexibility index (Phi) is 10.1. The van der Waals surface area contributed by atoms with Crippen LogP contribution in [0.4, 0.5) is 16.2 Å². The van der Waals surface area contributed by atoms with Gasteiger partial charge in [-0.3, -0.25) is 24.6 Å². The van der Waals surface area contributed by atoms with Crippen molar-refractivity contribution in [2.75, 3.05) is 18.6 Å². The van der Waals surface area contributed by atoms with Gasteiger partial charge in [-0.1, -0.05) is 74.5 Å². The standard InChI is InChI=1S/C39H42N4O8/c1-38(2)20-19-29-32(24-38)42(33-16-10-11-21-50-33)40-34(29)35(44)39(36(45)46,23-26-12-6-4-7-13-26)30-18-17-28(22-31(30)43(48)49)41(3)37(47)51-25-27-14-8-5-9-15-27/h4-9,12-15,17-18,22,33H,10-11,16,19-21,23-25H2,1-3H3,(H,45,46). The largest absolute Gasteiger partial charge is 0.480 e. The summed E-state index contributed by atoms with van der Waals surface area (Å²) in [5, 5.41) is 28.8. The molecule has 1 aliphatic carbocycles. The Hall–Kier alpha value is -5.36. The second-order valence-corrected chi connectivity index (χ2v) is 14.1. The van der Waals surface area contributed by atoms with Crippen molar-refractivity contribution < 1.29 is 33.9 Å². The lowest BCUT2D eigenvalue weighted by Gasteiger charge is -2.32. The van der Waals surface area contributed by atoms with E-state index in [0.717, 1.165) is 41.5 Å². The molecule has 1 amide bonds. The first-order valence-corrected chi connectivity index (χ1v) is 17.2. The third-order valence-corrected chi connectivity index (χ3v) is 10.0. The van der Waals surface area contributed by atoms with Gasteiger partial charge in [0.05, 0.1) is 16.2 Å². The molecule has 2 atom stereocenters. The average Bonchev–Trinajstić information content (AvgIpc) is 3.50. The highest BCUT2D eigenvalue weighted by atomic mass is 16.6. The van der Waals surface area contributed by atoms with Crippen LogP contribution in [-0.2, 0) is 45.6 Å². The molecule has 0 radical (unpaired) electrons. The van der Waals surface area contributed by atoms with Crippen molar-refractivity contribution in [3.05, 3.63) is 123 Å². The van der Waals surface area contributed by atoms with Gasteiger partial charge in [0.1, 0.15) is 18.5 Å². The van der Waals surface area contributed by atoms with E-state index in [1.807, 2.05) is 18.2 Å². The summed E-state index contributed by atoms with van der Waals surface area (Å²) in [5.74, 6) is -2.38. The molecule has 1 aliphatic heterocycles. The van der Waals surface area contributed by atoms with Crippen molar-refractivity contribution in [1.82, 2.24) is 9.78 Å². The van der Waals surface area contributed by atoms with Crippen LogP contribution in [0, 0.1) is 15.5 Å². The summed E-state index contributed by atoms with van der Waals surface area (Å²) >= 11 is 0. The fourth-order valence-corrected chi connectivity index (χ4v) is 7.15. The normalized spacial score (nSPS) is 17.8. The van der Waals surface area contributed by atoms with E-state index >= 15 is 4.79 Å². The van der Waals surface area contributed by atoms with E-state index in [4.69, 9.17) is 14.6 Å². The van der Waals surface area contributed by atoms with Gasteiger partial charge in [-0.15, -0.1) is 0 Å². The van der Waals surface area contributed by atoms with Crippen LogP contribution >= 0.6 is 0 Å². The number of hydrogen-bond donors (Lipinski definition) is 1. The Balaban J connectivity index is 1.47. The third-order valence-electron chi connectivity index (χ3n) is 10.0. The molecule has 2 heterocycles. The molecule has 12 heteroatoms. The highest BCUT2D eigenvalue weighted by Gasteiger charge is 2.54. The Morgan fingerprint density at radius 3 is 2.37 bits per heavy atom. The predicted molar refractivity (Wildman–Crippen MR) is 189 cm³/mol. The van der Waals surface area contributed by atoms with Crippen molar-refractivity contribution in [1.29, 1.82) is 0 Å². The maximum atomic E-state index is 15.2. The monoisotopic (exact) mass is 694 g/mol. The maximum Gasteiger partial charge on any atom is 0.414 e. The molecule has 1 saturated heterocycles. The smallest absolute Gasteiger partial charge is 0.414 e. The fraction of sp³-hybridized carbons (Fsp3) is 0.385. The van der Waals surface area contributed by atoms with Crippen LogP contribution in [0.5, 0.6) is 0 Å². The van der Waals surface area contributed by atoms with Crippen molar-refractivity contribution >= 4 is 29.2 Å². The Morgan fingerprint density at radius 2 is 1.75 bits per heavy atom. The summed E-state index contributed by atoms with van der Waals surface area (Å²) in [6.45, 7) is 4.82. The molecule has 1 aromatic heterocycles. The Morgan fingerprint density at radius 1 is 1.06 bits per heavy atom. The Labute approximate surface area is 296 Å². The quantitative estimate of drug-likeness (QED) is 0.0741. The first-order chi connectivity index (χ1) is 24.4. The number of rotatable bonds is 11. The van der Waals surface area contributed by atoms with Gasteiger partial charge < -0.3 is 14.6 Å². The SMILES string of the molecule is CN(C(=O)OCc1ccccc1)c1ccc(C(Cc2ccccc2)(C(=O)O)C(=O)c2nn(C3CCCCO3)c3c2CCC(C)(C)C3)c([N+](=O)[O-])c1. The lowest BCUT2D eigenvalue weighted by Crippen LogP contribution is -2.47. The molecule has 51 heavy (non-hydrogen) atoms. The highest BCUT2D eigenvalue weighted by molar-refractivity contribution is 6.17. The second-order valence-electron chi connectivity index (χ2n) is 14.1. The van der Waals surface area contributed by atoms with Gasteiger partial charge in [0, 0.05) is 37.4 Å². The second kappa shape index (κ2) is 14.5. The third kappa shape index (κ3) is 7.14. The van der Waals surface area contributed by atoms with Crippen molar-refractivity contribution in [2.24, 2.45) is 5.41 Å². The number of Topliss-reactive ketones (excluding diaryl/α,β-unsaturated/α-hetero) is 1. The van der Waals surface area contributed by atoms with Crippen LogP contribution < -0.4 is 4.90 Å². The minimum absolute atomic E-state index is 0.00649. The summed E-state index contributed by atoms with van der Waals surface area (Å²) < 4.78 is 13.3. The minimum Gasteiger partial charge on any atom is -0.480 e. The van der Waals surface area contributed by atoms with Gasteiger partial charge in [0.15, 0.2) is 5.41 Å². The summed E-state index contributed by atoms with van der Waals surface area (Å²) in [6, 6.07) is 21.4. The van der Waals surface area contributed by atoms with Crippen LogP contribution in [0.25, 0.3) is 0 Å². The molecule has 3 aromatic carbocycles. The number of carbonyl (C=O) groups excluding carboxylic acids is 2. The number of ether oxygens (including phenoxy) is 2. The van der Waals surface area contributed by atoms with Gasteiger partial charge in [-0.25, -0.2) is 9.48 Å². The number of carboxylic acids is 1. The van der Waals surface area contributed by atoms with Crippen molar-refractivity contribution in [3.8, 4) is 0 Å². The van der Waals surface area contributed by atoms with Gasteiger partial charge in [-0.2, -0.15) is 5.10 Å². The van der Waals surface area contributed by atoms with Crippen LogP contribution in [0.15, 0.2) is 78.9 Å². The summed E-state index contributed by atoms with van der Waals surface area (Å²) in [5.41, 5.74) is -0.621. The molecule has 6 rings (SSSR count). The molecule has 0 saturated carbocycles. The molecule has 1 N–H and O–H groups in total. The number of ketones is 1. The first-order valence-electron chi connectivity index (χ1n) is 17.2. The number of aromatic nitrogens is 2. The van der Waals surface area contributed by atoms with Crippen molar-refractivity contribution in [2.45, 2.75) is 77.0 Å². The summed E-state index contributed by atoms with van der Waals surface area (Å²) in [4.78, 5) is 55.1. The number of aliphatic carboxylic acids is 1. The molecule has 2 aliphatic rings. The van der Waals surface area contributed by atoms with E-state index in [9.17, 15) is 24.8 Å². The van der Waals surface area contributed by atoms with E-state index in [1.54, 1.807) is 47.1 Å². The topological polar surface area (TPSA) is 154 Å². The zero-order valence-corrected chi connectivity index (χ0v) is 29.0. The van der Waals surface area contributed by atoms with E-state index in [2.05, 4.69) is 13.8 Å². The van der Waals surface area contributed by atoms with Crippen LogP contribution in [0.3, 0.4) is 0 Å². The number of fused-ring (bicyclic) bond motifs is 1. The van der Waals surface area contributed by atoms with Crippen LogP contribution in [0.2, 0.25) is 0 Å². The maximum absolute atomic E-state index is 15.2. The zero-order valence-electron chi connectivity index (χ0n) is 29.0. The number of amides is 1. The summed E-state index contributed by atoms with van der Waals surface area (Å²) in [7, 11) is 1.40. The molecule has 2 unspecified atom stereocenters. The number of nitrogens with zero attached hydrogens (tertiary/aromatic N) is 4.